The van der Waals surface area contributed by atoms with Crippen LogP contribution in [0.4, 0.5) is 4.39 Å². The molecule has 0 spiro atoms. The maximum atomic E-state index is 13.2. The van der Waals surface area contributed by atoms with E-state index in [0.717, 1.165) is 18.4 Å². The zero-order valence-electron chi connectivity index (χ0n) is 9.86. The lowest BCUT2D eigenvalue weighted by Gasteiger charge is -2.25. The molecule has 0 aromatic heterocycles. The molecule has 1 aromatic carbocycles. The average molecular weight is 308 g/mol. The minimum absolute atomic E-state index is 0.208. The Hall–Kier alpha value is -0.0800. The van der Waals surface area contributed by atoms with Gasteiger partial charge in [-0.1, -0.05) is 60.4 Å². The fourth-order valence-electron chi connectivity index (χ4n) is 1.46. The van der Waals surface area contributed by atoms with Gasteiger partial charge in [0.25, 0.3) is 0 Å². The number of benzene rings is 1. The molecule has 16 heavy (non-hydrogen) atoms. The minimum atomic E-state index is -0.332. The van der Waals surface area contributed by atoms with Gasteiger partial charge in [0.1, 0.15) is 5.82 Å². The SMILES string of the molecule is CC(C)(C)C(Br)CCc1cccc(F)c1Cl. The number of hydrogen-bond acceptors (Lipinski definition) is 0. The van der Waals surface area contributed by atoms with Crippen molar-refractivity contribution in [1.29, 1.82) is 0 Å². The fraction of sp³-hybridized carbons (Fsp3) is 0.538. The van der Waals surface area contributed by atoms with Crippen LogP contribution in [-0.4, -0.2) is 4.83 Å². The molecule has 0 saturated carbocycles. The fourth-order valence-corrected chi connectivity index (χ4v) is 1.91. The van der Waals surface area contributed by atoms with Crippen LogP contribution in [0.2, 0.25) is 5.02 Å². The maximum Gasteiger partial charge on any atom is 0.142 e. The topological polar surface area (TPSA) is 0 Å². The van der Waals surface area contributed by atoms with Crippen molar-refractivity contribution in [2.24, 2.45) is 5.41 Å². The summed E-state index contributed by atoms with van der Waals surface area (Å²) in [6, 6.07) is 4.98. The first kappa shape index (κ1) is 14.0. The smallest absolute Gasteiger partial charge is 0.142 e. The first-order chi connectivity index (χ1) is 7.32. The molecule has 0 heterocycles. The van der Waals surface area contributed by atoms with Crippen molar-refractivity contribution in [3.63, 3.8) is 0 Å². The van der Waals surface area contributed by atoms with Gasteiger partial charge in [-0.15, -0.1) is 0 Å². The van der Waals surface area contributed by atoms with Crippen LogP contribution in [0.1, 0.15) is 32.8 Å². The zero-order chi connectivity index (χ0) is 12.3. The summed E-state index contributed by atoms with van der Waals surface area (Å²) < 4.78 is 13.2. The van der Waals surface area contributed by atoms with Gasteiger partial charge >= 0.3 is 0 Å². The van der Waals surface area contributed by atoms with Crippen LogP contribution in [0.3, 0.4) is 0 Å². The molecule has 0 N–H and O–H groups in total. The van der Waals surface area contributed by atoms with E-state index in [0.29, 0.717) is 4.83 Å². The van der Waals surface area contributed by atoms with E-state index in [-0.39, 0.29) is 16.3 Å². The highest BCUT2D eigenvalue weighted by molar-refractivity contribution is 9.09. The first-order valence-corrected chi connectivity index (χ1v) is 6.68. The van der Waals surface area contributed by atoms with Gasteiger partial charge in [-0.2, -0.15) is 0 Å². The molecular formula is C13H17BrClF. The maximum absolute atomic E-state index is 13.2. The second-order valence-electron chi connectivity index (χ2n) is 5.09. The molecule has 3 heteroatoms. The summed E-state index contributed by atoms with van der Waals surface area (Å²) in [7, 11) is 0. The Morgan fingerprint density at radius 1 is 1.38 bits per heavy atom. The normalized spacial score (nSPS) is 13.9. The highest BCUT2D eigenvalue weighted by Crippen LogP contribution is 2.31. The minimum Gasteiger partial charge on any atom is -0.205 e. The van der Waals surface area contributed by atoms with Gasteiger partial charge < -0.3 is 0 Å². The van der Waals surface area contributed by atoms with Crippen molar-refractivity contribution in [1.82, 2.24) is 0 Å². The van der Waals surface area contributed by atoms with E-state index in [1.54, 1.807) is 6.07 Å². The molecule has 0 nitrogen and oxygen atoms in total. The average Bonchev–Trinajstić information content (AvgIpc) is 2.18. The van der Waals surface area contributed by atoms with Crippen molar-refractivity contribution >= 4 is 27.5 Å². The predicted octanol–water partition coefficient (Wildman–Crippen LogP) is 5.22. The predicted molar refractivity (Wildman–Crippen MR) is 71.9 cm³/mol. The molecule has 1 rings (SSSR count). The molecular weight excluding hydrogens is 290 g/mol. The monoisotopic (exact) mass is 306 g/mol. The second-order valence-corrected chi connectivity index (χ2v) is 6.57. The van der Waals surface area contributed by atoms with Gasteiger partial charge in [-0.25, -0.2) is 4.39 Å². The molecule has 0 bridgehead atoms. The third-order valence-electron chi connectivity index (χ3n) is 2.64. The zero-order valence-corrected chi connectivity index (χ0v) is 12.2. The molecule has 0 saturated heterocycles. The number of aryl methyl sites for hydroxylation is 1. The van der Waals surface area contributed by atoms with Crippen LogP contribution in [0.25, 0.3) is 0 Å². The molecule has 0 fully saturated rings. The summed E-state index contributed by atoms with van der Waals surface area (Å²) in [5.41, 5.74) is 1.09. The van der Waals surface area contributed by atoms with E-state index in [1.807, 2.05) is 6.07 Å². The molecule has 0 aliphatic rings. The van der Waals surface area contributed by atoms with Crippen molar-refractivity contribution < 1.29 is 4.39 Å². The summed E-state index contributed by atoms with van der Waals surface area (Å²) in [5.74, 6) is -0.332. The van der Waals surface area contributed by atoms with Crippen LogP contribution in [0, 0.1) is 11.2 Å². The van der Waals surface area contributed by atoms with Crippen molar-refractivity contribution in [3.05, 3.63) is 34.6 Å². The summed E-state index contributed by atoms with van der Waals surface area (Å²) in [6.45, 7) is 6.54. The lowest BCUT2D eigenvalue weighted by Crippen LogP contribution is -2.20. The summed E-state index contributed by atoms with van der Waals surface area (Å²) in [6.07, 6.45) is 1.75. The van der Waals surface area contributed by atoms with E-state index in [4.69, 9.17) is 11.6 Å². The van der Waals surface area contributed by atoms with Gasteiger partial charge in [0, 0.05) is 4.83 Å². The third-order valence-corrected chi connectivity index (χ3v) is 4.89. The van der Waals surface area contributed by atoms with Gasteiger partial charge in [-0.3, -0.25) is 0 Å². The number of hydrogen-bond donors (Lipinski definition) is 0. The van der Waals surface area contributed by atoms with Crippen molar-refractivity contribution in [2.45, 2.75) is 38.4 Å². The summed E-state index contributed by atoms with van der Waals surface area (Å²) in [4.78, 5) is 0.402. The molecule has 0 aliphatic carbocycles. The Labute approximate surface area is 110 Å². The third kappa shape index (κ3) is 3.74. The van der Waals surface area contributed by atoms with Gasteiger partial charge in [0.2, 0.25) is 0 Å². The van der Waals surface area contributed by atoms with Crippen LogP contribution < -0.4 is 0 Å². The van der Waals surface area contributed by atoms with Gasteiger partial charge in [-0.05, 0) is 29.9 Å². The second kappa shape index (κ2) is 5.50. The Morgan fingerprint density at radius 2 is 2.00 bits per heavy atom. The summed E-state index contributed by atoms with van der Waals surface area (Å²) in [5, 5.41) is 0.260. The molecule has 0 amide bonds. The van der Waals surface area contributed by atoms with Crippen molar-refractivity contribution in [2.75, 3.05) is 0 Å². The number of halogens is 3. The molecule has 90 valence electrons. The van der Waals surface area contributed by atoms with Crippen molar-refractivity contribution in [3.8, 4) is 0 Å². The number of rotatable bonds is 3. The van der Waals surface area contributed by atoms with E-state index in [2.05, 4.69) is 36.7 Å². The first-order valence-electron chi connectivity index (χ1n) is 5.39. The van der Waals surface area contributed by atoms with E-state index in [1.165, 1.54) is 6.07 Å². The molecule has 0 radical (unpaired) electrons. The Balaban J connectivity index is 2.65. The highest BCUT2D eigenvalue weighted by atomic mass is 79.9. The largest absolute Gasteiger partial charge is 0.205 e. The lowest BCUT2D eigenvalue weighted by atomic mass is 9.89. The van der Waals surface area contributed by atoms with Crippen LogP contribution in [0.15, 0.2) is 18.2 Å². The van der Waals surface area contributed by atoms with Crippen LogP contribution in [-0.2, 0) is 6.42 Å². The van der Waals surface area contributed by atoms with Crippen LogP contribution in [0.5, 0.6) is 0 Å². The lowest BCUT2D eigenvalue weighted by molar-refractivity contribution is 0.385. The number of alkyl halides is 1. The van der Waals surface area contributed by atoms with Gasteiger partial charge in [0.05, 0.1) is 5.02 Å². The molecule has 1 aromatic rings. The summed E-state index contributed by atoms with van der Waals surface area (Å²) >= 11 is 9.56. The molecule has 1 atom stereocenters. The molecule has 1 unspecified atom stereocenters. The van der Waals surface area contributed by atoms with Gasteiger partial charge in [0.15, 0.2) is 0 Å². The van der Waals surface area contributed by atoms with E-state index < -0.39 is 0 Å². The van der Waals surface area contributed by atoms with E-state index in [9.17, 15) is 4.39 Å². The molecule has 0 aliphatic heterocycles. The standard InChI is InChI=1S/C13H17BrClF/c1-13(2,3)11(14)8-7-9-5-4-6-10(16)12(9)15/h4-6,11H,7-8H2,1-3H3. The highest BCUT2D eigenvalue weighted by Gasteiger charge is 2.21. The quantitative estimate of drug-likeness (QED) is 0.671. The van der Waals surface area contributed by atoms with E-state index >= 15 is 0 Å². The Morgan fingerprint density at radius 3 is 2.56 bits per heavy atom. The Kier molecular flexibility index (Phi) is 4.81. The Bertz CT molecular complexity index is 357. The van der Waals surface area contributed by atoms with Crippen LogP contribution >= 0.6 is 27.5 Å².